The first-order valence-electron chi connectivity index (χ1n) is 6.57. The van der Waals surface area contributed by atoms with E-state index in [9.17, 15) is 4.79 Å². The van der Waals surface area contributed by atoms with Gasteiger partial charge < -0.3 is 5.11 Å². The second-order valence-corrected chi connectivity index (χ2v) is 5.76. The number of aromatic nitrogens is 1. The van der Waals surface area contributed by atoms with Crippen molar-refractivity contribution in [1.82, 2.24) is 9.88 Å². The number of rotatable bonds is 5. The Balaban J connectivity index is 2.03. The Labute approximate surface area is 112 Å². The fourth-order valence-electron chi connectivity index (χ4n) is 2.62. The highest BCUT2D eigenvalue weighted by Crippen LogP contribution is 2.24. The van der Waals surface area contributed by atoms with Crippen LogP contribution in [0.15, 0.2) is 5.51 Å². The largest absolute Gasteiger partial charge is 0.481 e. The SMILES string of the molecule is CCC1CCCCN1Cc1scnc1CC(=O)O. The zero-order valence-electron chi connectivity index (χ0n) is 10.8. The quantitative estimate of drug-likeness (QED) is 0.891. The Morgan fingerprint density at radius 1 is 1.61 bits per heavy atom. The molecule has 0 amide bonds. The van der Waals surface area contributed by atoms with Gasteiger partial charge in [0.25, 0.3) is 0 Å². The van der Waals surface area contributed by atoms with E-state index in [1.54, 1.807) is 16.8 Å². The Hall–Kier alpha value is -0.940. The lowest BCUT2D eigenvalue weighted by molar-refractivity contribution is -0.136. The van der Waals surface area contributed by atoms with Crippen molar-refractivity contribution in [3.05, 3.63) is 16.1 Å². The normalized spacial score (nSPS) is 21.1. The third-order valence-corrected chi connectivity index (χ3v) is 4.47. The van der Waals surface area contributed by atoms with E-state index >= 15 is 0 Å². The molecule has 1 fully saturated rings. The van der Waals surface area contributed by atoms with Crippen molar-refractivity contribution >= 4 is 17.3 Å². The molecule has 4 nitrogen and oxygen atoms in total. The van der Waals surface area contributed by atoms with Gasteiger partial charge in [0.05, 0.1) is 17.6 Å². The highest BCUT2D eigenvalue weighted by molar-refractivity contribution is 7.09. The molecule has 1 aromatic rings. The second kappa shape index (κ2) is 6.29. The number of hydrogen-bond acceptors (Lipinski definition) is 4. The van der Waals surface area contributed by atoms with Crippen LogP contribution < -0.4 is 0 Å². The number of carbonyl (C=O) groups is 1. The average Bonchev–Trinajstić information content (AvgIpc) is 2.76. The summed E-state index contributed by atoms with van der Waals surface area (Å²) in [5.41, 5.74) is 2.51. The average molecular weight is 268 g/mol. The van der Waals surface area contributed by atoms with Crippen molar-refractivity contribution < 1.29 is 9.90 Å². The van der Waals surface area contributed by atoms with Gasteiger partial charge >= 0.3 is 5.97 Å². The molecule has 0 spiro atoms. The maximum atomic E-state index is 10.8. The van der Waals surface area contributed by atoms with Crippen LogP contribution in [0.5, 0.6) is 0 Å². The summed E-state index contributed by atoms with van der Waals surface area (Å²) < 4.78 is 0. The fourth-order valence-corrected chi connectivity index (χ4v) is 3.43. The Morgan fingerprint density at radius 2 is 2.44 bits per heavy atom. The molecule has 1 N–H and O–H groups in total. The van der Waals surface area contributed by atoms with Crippen LogP contribution in [0.25, 0.3) is 0 Å². The standard InChI is InChI=1S/C13H20N2O2S/c1-2-10-5-3-4-6-15(10)8-12-11(7-13(16)17)14-9-18-12/h9-10H,2-8H2,1H3,(H,16,17). The van der Waals surface area contributed by atoms with Gasteiger partial charge in [-0.15, -0.1) is 11.3 Å². The van der Waals surface area contributed by atoms with E-state index in [1.807, 2.05) is 0 Å². The lowest BCUT2D eigenvalue weighted by Gasteiger charge is -2.34. The summed E-state index contributed by atoms with van der Waals surface area (Å²) in [5.74, 6) is -0.798. The fraction of sp³-hybridized carbons (Fsp3) is 0.692. The molecule has 0 bridgehead atoms. The molecular formula is C13H20N2O2S. The molecule has 1 aromatic heterocycles. The van der Waals surface area contributed by atoms with Crippen LogP contribution in [0.4, 0.5) is 0 Å². The minimum Gasteiger partial charge on any atom is -0.481 e. The molecule has 1 saturated heterocycles. The van der Waals surface area contributed by atoms with E-state index in [0.29, 0.717) is 6.04 Å². The van der Waals surface area contributed by atoms with Crippen molar-refractivity contribution in [1.29, 1.82) is 0 Å². The van der Waals surface area contributed by atoms with Gasteiger partial charge in [0.2, 0.25) is 0 Å². The van der Waals surface area contributed by atoms with Crippen LogP contribution in [0.3, 0.4) is 0 Å². The van der Waals surface area contributed by atoms with Crippen molar-refractivity contribution in [2.24, 2.45) is 0 Å². The van der Waals surface area contributed by atoms with Gasteiger partial charge in [-0.05, 0) is 25.8 Å². The summed E-state index contributed by atoms with van der Waals surface area (Å²) in [6, 6.07) is 0.651. The molecule has 2 heterocycles. The smallest absolute Gasteiger partial charge is 0.309 e. The molecule has 0 aromatic carbocycles. The highest BCUT2D eigenvalue weighted by Gasteiger charge is 2.22. The molecule has 0 aliphatic carbocycles. The zero-order chi connectivity index (χ0) is 13.0. The highest BCUT2D eigenvalue weighted by atomic mass is 32.1. The second-order valence-electron chi connectivity index (χ2n) is 4.82. The van der Waals surface area contributed by atoms with Crippen molar-refractivity contribution in [2.45, 2.75) is 51.6 Å². The van der Waals surface area contributed by atoms with Gasteiger partial charge in [0, 0.05) is 17.5 Å². The van der Waals surface area contributed by atoms with Crippen LogP contribution in [0.1, 0.15) is 43.2 Å². The third-order valence-electron chi connectivity index (χ3n) is 3.61. The number of carboxylic acids is 1. The molecule has 1 aliphatic rings. The number of likely N-dealkylation sites (tertiary alicyclic amines) is 1. The number of aliphatic carboxylic acids is 1. The molecule has 1 unspecified atom stereocenters. The maximum Gasteiger partial charge on any atom is 0.309 e. The molecular weight excluding hydrogens is 248 g/mol. The summed E-state index contributed by atoms with van der Waals surface area (Å²) in [5, 5.41) is 8.86. The molecule has 0 saturated carbocycles. The summed E-state index contributed by atoms with van der Waals surface area (Å²) in [7, 11) is 0. The molecule has 18 heavy (non-hydrogen) atoms. The number of hydrogen-bond donors (Lipinski definition) is 1. The van der Waals surface area contributed by atoms with E-state index < -0.39 is 5.97 Å². The lowest BCUT2D eigenvalue weighted by Crippen LogP contribution is -2.38. The van der Waals surface area contributed by atoms with Crippen LogP contribution in [-0.2, 0) is 17.8 Å². The van der Waals surface area contributed by atoms with Crippen LogP contribution in [0.2, 0.25) is 0 Å². The number of thiazole rings is 1. The molecule has 1 atom stereocenters. The van der Waals surface area contributed by atoms with Gasteiger partial charge in [0.15, 0.2) is 0 Å². The summed E-state index contributed by atoms with van der Waals surface area (Å²) in [6.45, 7) is 4.22. The molecule has 0 radical (unpaired) electrons. The Bertz CT molecular complexity index is 405. The lowest BCUT2D eigenvalue weighted by atomic mass is 10.00. The van der Waals surface area contributed by atoms with Crippen molar-refractivity contribution in [3.63, 3.8) is 0 Å². The predicted molar refractivity (Wildman–Crippen MR) is 71.8 cm³/mol. The van der Waals surface area contributed by atoms with Crippen molar-refractivity contribution in [2.75, 3.05) is 6.54 Å². The minimum atomic E-state index is -0.798. The number of nitrogens with zero attached hydrogens (tertiary/aromatic N) is 2. The maximum absolute atomic E-state index is 10.8. The molecule has 100 valence electrons. The first-order valence-corrected chi connectivity index (χ1v) is 7.45. The Morgan fingerprint density at radius 3 is 3.17 bits per heavy atom. The van der Waals surface area contributed by atoms with Crippen LogP contribution in [0, 0.1) is 0 Å². The van der Waals surface area contributed by atoms with Crippen LogP contribution >= 0.6 is 11.3 Å². The topological polar surface area (TPSA) is 53.4 Å². The van der Waals surface area contributed by atoms with E-state index in [2.05, 4.69) is 16.8 Å². The minimum absolute atomic E-state index is 0.0451. The molecule has 5 heteroatoms. The van der Waals surface area contributed by atoms with E-state index in [-0.39, 0.29) is 6.42 Å². The van der Waals surface area contributed by atoms with Gasteiger partial charge in [0.1, 0.15) is 0 Å². The first kappa shape index (κ1) is 13.5. The molecule has 2 rings (SSSR count). The first-order chi connectivity index (χ1) is 8.70. The van der Waals surface area contributed by atoms with Gasteiger partial charge in [-0.2, -0.15) is 0 Å². The van der Waals surface area contributed by atoms with E-state index in [1.165, 1.54) is 25.7 Å². The predicted octanol–water partition coefficient (Wildman–Crippen LogP) is 2.53. The van der Waals surface area contributed by atoms with E-state index in [0.717, 1.165) is 23.7 Å². The Kier molecular flexibility index (Phi) is 4.72. The van der Waals surface area contributed by atoms with Gasteiger partial charge in [-0.3, -0.25) is 9.69 Å². The summed E-state index contributed by atoms with van der Waals surface area (Å²) in [4.78, 5) is 18.6. The van der Waals surface area contributed by atoms with E-state index in [4.69, 9.17) is 5.11 Å². The summed E-state index contributed by atoms with van der Waals surface area (Å²) >= 11 is 1.58. The number of carboxylic acid groups (broad SMARTS) is 1. The van der Waals surface area contributed by atoms with Gasteiger partial charge in [-0.1, -0.05) is 13.3 Å². The van der Waals surface area contributed by atoms with Crippen molar-refractivity contribution in [3.8, 4) is 0 Å². The number of piperidine rings is 1. The van der Waals surface area contributed by atoms with Crippen LogP contribution in [-0.4, -0.2) is 33.5 Å². The molecule has 1 aliphatic heterocycles. The zero-order valence-corrected chi connectivity index (χ0v) is 11.6. The summed E-state index contributed by atoms with van der Waals surface area (Å²) in [6.07, 6.45) is 5.06. The van der Waals surface area contributed by atoms with Gasteiger partial charge in [-0.25, -0.2) is 4.98 Å². The third kappa shape index (κ3) is 3.29. The monoisotopic (exact) mass is 268 g/mol.